The zero-order chi connectivity index (χ0) is 12.2. The molecule has 1 aliphatic rings. The molecule has 0 radical (unpaired) electrons. The third-order valence-electron chi connectivity index (χ3n) is 2.80. The number of carboxylic acid groups (broad SMARTS) is 1. The van der Waals surface area contributed by atoms with E-state index in [1.165, 1.54) is 0 Å². The first-order valence-electron chi connectivity index (χ1n) is 5.23. The molecule has 0 aliphatic heterocycles. The third-order valence-corrected chi connectivity index (χ3v) is 4.17. The summed E-state index contributed by atoms with van der Waals surface area (Å²) in [5.74, 6) is -2.34. The first-order chi connectivity index (χ1) is 7.39. The number of aliphatic carboxylic acids is 1. The smallest absolute Gasteiger partial charge is 0.320 e. The van der Waals surface area contributed by atoms with Crippen LogP contribution in [0.15, 0.2) is 0 Å². The van der Waals surface area contributed by atoms with Crippen LogP contribution in [-0.2, 0) is 14.8 Å². The first-order valence-corrected chi connectivity index (χ1v) is 6.89. The van der Waals surface area contributed by atoms with Gasteiger partial charge in [0.25, 0.3) is 0 Å². The summed E-state index contributed by atoms with van der Waals surface area (Å²) in [6, 6.07) is 0. The Morgan fingerprint density at radius 2 is 1.81 bits per heavy atom. The van der Waals surface area contributed by atoms with E-state index in [1.54, 1.807) is 0 Å². The summed E-state index contributed by atoms with van der Waals surface area (Å²) in [4.78, 5) is 10.4. The molecule has 0 aromatic rings. The van der Waals surface area contributed by atoms with Gasteiger partial charge < -0.3 is 10.2 Å². The molecule has 0 saturated heterocycles. The molecule has 6 nitrogen and oxygen atoms in total. The fraction of sp³-hybridized carbons (Fsp3) is 0.889. The van der Waals surface area contributed by atoms with Gasteiger partial charge in [0.1, 0.15) is 0 Å². The van der Waals surface area contributed by atoms with Crippen molar-refractivity contribution in [2.45, 2.75) is 37.6 Å². The van der Waals surface area contributed by atoms with E-state index in [9.17, 15) is 18.3 Å². The quantitative estimate of drug-likeness (QED) is 0.621. The van der Waals surface area contributed by atoms with Crippen molar-refractivity contribution < 1.29 is 23.4 Å². The summed E-state index contributed by atoms with van der Waals surface area (Å²) < 4.78 is 25.3. The van der Waals surface area contributed by atoms with Crippen LogP contribution in [0.25, 0.3) is 0 Å². The number of sulfonamides is 1. The van der Waals surface area contributed by atoms with Crippen molar-refractivity contribution >= 4 is 16.0 Å². The van der Waals surface area contributed by atoms with E-state index in [-0.39, 0.29) is 6.61 Å². The van der Waals surface area contributed by atoms with Crippen molar-refractivity contribution in [1.29, 1.82) is 0 Å². The molecule has 1 fully saturated rings. The Morgan fingerprint density at radius 3 is 2.25 bits per heavy atom. The van der Waals surface area contributed by atoms with Gasteiger partial charge in [-0.2, -0.15) is 0 Å². The van der Waals surface area contributed by atoms with Crippen LogP contribution in [0.5, 0.6) is 0 Å². The largest absolute Gasteiger partial charge is 0.480 e. The lowest BCUT2D eigenvalue weighted by atomic mass is 9.83. The van der Waals surface area contributed by atoms with Crippen LogP contribution < -0.4 is 4.72 Å². The normalized spacial score (nSPS) is 20.6. The van der Waals surface area contributed by atoms with Crippen LogP contribution in [0.2, 0.25) is 0 Å². The molecule has 7 heteroatoms. The predicted octanol–water partition coefficient (Wildman–Crippen LogP) is -0.314. The summed E-state index contributed by atoms with van der Waals surface area (Å²) in [5.41, 5.74) is -0.855. The van der Waals surface area contributed by atoms with E-state index in [0.717, 1.165) is 19.3 Å². The fourth-order valence-corrected chi connectivity index (χ4v) is 3.38. The highest BCUT2D eigenvalue weighted by Gasteiger charge is 2.35. The molecular weight excluding hydrogens is 234 g/mol. The van der Waals surface area contributed by atoms with Gasteiger partial charge in [0.15, 0.2) is 5.75 Å². The van der Waals surface area contributed by atoms with Crippen LogP contribution in [0.1, 0.15) is 32.1 Å². The lowest BCUT2D eigenvalue weighted by molar-refractivity contribution is -0.134. The van der Waals surface area contributed by atoms with Gasteiger partial charge in [-0.1, -0.05) is 19.3 Å². The second-order valence-electron chi connectivity index (χ2n) is 4.25. The Labute approximate surface area is 94.7 Å². The van der Waals surface area contributed by atoms with E-state index >= 15 is 0 Å². The SMILES string of the molecule is O=C(O)CS(=O)(=O)NC1(CO)CCCCC1. The molecule has 0 aromatic heterocycles. The monoisotopic (exact) mass is 251 g/mol. The molecule has 0 heterocycles. The maximum Gasteiger partial charge on any atom is 0.320 e. The van der Waals surface area contributed by atoms with Gasteiger partial charge in [-0.05, 0) is 12.8 Å². The Hall–Kier alpha value is -0.660. The molecule has 94 valence electrons. The van der Waals surface area contributed by atoms with E-state index < -0.39 is 27.3 Å². The number of aliphatic hydroxyl groups excluding tert-OH is 1. The van der Waals surface area contributed by atoms with E-state index in [1.807, 2.05) is 0 Å². The molecule has 1 aliphatic carbocycles. The standard InChI is InChI=1S/C9H17NO5S/c11-7-9(4-2-1-3-5-9)10-16(14,15)6-8(12)13/h10-11H,1-7H2,(H,12,13). The number of aliphatic hydroxyl groups is 1. The number of hydrogen-bond donors (Lipinski definition) is 3. The van der Waals surface area contributed by atoms with Gasteiger partial charge in [0.05, 0.1) is 12.1 Å². The topological polar surface area (TPSA) is 104 Å². The number of carboxylic acids is 1. The average Bonchev–Trinajstić information content (AvgIpc) is 2.16. The zero-order valence-electron chi connectivity index (χ0n) is 8.98. The highest BCUT2D eigenvalue weighted by atomic mass is 32.2. The Bertz CT molecular complexity index is 345. The molecule has 1 saturated carbocycles. The van der Waals surface area contributed by atoms with Crippen LogP contribution in [0.4, 0.5) is 0 Å². The van der Waals surface area contributed by atoms with Crippen molar-refractivity contribution in [1.82, 2.24) is 4.72 Å². The molecule has 0 unspecified atom stereocenters. The van der Waals surface area contributed by atoms with Gasteiger partial charge in [-0.25, -0.2) is 13.1 Å². The Morgan fingerprint density at radius 1 is 1.25 bits per heavy atom. The van der Waals surface area contributed by atoms with Crippen molar-refractivity contribution in [2.24, 2.45) is 0 Å². The van der Waals surface area contributed by atoms with Crippen LogP contribution in [0.3, 0.4) is 0 Å². The summed E-state index contributed by atoms with van der Waals surface area (Å²) >= 11 is 0. The maximum absolute atomic E-state index is 11.5. The van der Waals surface area contributed by atoms with Crippen molar-refractivity contribution in [3.8, 4) is 0 Å². The minimum Gasteiger partial charge on any atom is -0.480 e. The molecular formula is C9H17NO5S. The van der Waals surface area contributed by atoms with E-state index in [2.05, 4.69) is 4.72 Å². The molecule has 0 aromatic carbocycles. The Balaban J connectivity index is 2.72. The summed E-state index contributed by atoms with van der Waals surface area (Å²) in [7, 11) is -3.86. The summed E-state index contributed by atoms with van der Waals surface area (Å²) in [6.07, 6.45) is 3.82. The average molecular weight is 251 g/mol. The fourth-order valence-electron chi connectivity index (χ4n) is 2.05. The van der Waals surface area contributed by atoms with Gasteiger partial charge in [0.2, 0.25) is 10.0 Å². The van der Waals surface area contributed by atoms with Gasteiger partial charge in [-0.15, -0.1) is 0 Å². The molecule has 0 bridgehead atoms. The summed E-state index contributed by atoms with van der Waals surface area (Å²) in [6.45, 7) is -0.286. The lowest BCUT2D eigenvalue weighted by Gasteiger charge is -2.35. The van der Waals surface area contributed by atoms with Crippen molar-refractivity contribution in [2.75, 3.05) is 12.4 Å². The van der Waals surface area contributed by atoms with E-state index in [4.69, 9.17) is 5.11 Å². The first kappa shape index (κ1) is 13.4. The second-order valence-corrected chi connectivity index (χ2v) is 5.98. The highest BCUT2D eigenvalue weighted by Crippen LogP contribution is 2.28. The highest BCUT2D eigenvalue weighted by molar-refractivity contribution is 7.90. The number of carbonyl (C=O) groups is 1. The van der Waals surface area contributed by atoms with Crippen LogP contribution in [-0.4, -0.2) is 42.5 Å². The Kier molecular flexibility index (Phi) is 4.28. The summed E-state index contributed by atoms with van der Waals surface area (Å²) in [5, 5.41) is 17.7. The zero-order valence-corrected chi connectivity index (χ0v) is 9.79. The third kappa shape index (κ3) is 3.73. The lowest BCUT2D eigenvalue weighted by Crippen LogP contribution is -2.53. The minimum atomic E-state index is -3.86. The number of nitrogens with one attached hydrogen (secondary N) is 1. The van der Waals surface area contributed by atoms with Crippen molar-refractivity contribution in [3.63, 3.8) is 0 Å². The van der Waals surface area contributed by atoms with Gasteiger partial charge in [0, 0.05) is 0 Å². The predicted molar refractivity (Wildman–Crippen MR) is 57.5 cm³/mol. The minimum absolute atomic E-state index is 0.286. The van der Waals surface area contributed by atoms with E-state index in [0.29, 0.717) is 12.8 Å². The molecule has 0 amide bonds. The molecule has 1 rings (SSSR count). The van der Waals surface area contributed by atoms with Crippen LogP contribution in [0, 0.1) is 0 Å². The van der Waals surface area contributed by atoms with Gasteiger partial charge >= 0.3 is 5.97 Å². The molecule has 0 spiro atoms. The molecule has 0 atom stereocenters. The van der Waals surface area contributed by atoms with Crippen LogP contribution >= 0.6 is 0 Å². The molecule has 3 N–H and O–H groups in total. The maximum atomic E-state index is 11.5. The second kappa shape index (κ2) is 5.11. The number of rotatable bonds is 5. The van der Waals surface area contributed by atoms with Gasteiger partial charge in [-0.3, -0.25) is 4.79 Å². The number of hydrogen-bond acceptors (Lipinski definition) is 4. The van der Waals surface area contributed by atoms with Crippen molar-refractivity contribution in [3.05, 3.63) is 0 Å². The molecule has 16 heavy (non-hydrogen) atoms.